The van der Waals surface area contributed by atoms with E-state index in [0.717, 1.165) is 32.5 Å². The van der Waals surface area contributed by atoms with Crippen LogP contribution in [0.25, 0.3) is 0 Å². The Bertz CT molecular complexity index is 1100. The van der Waals surface area contributed by atoms with E-state index in [4.69, 9.17) is 4.74 Å². The molecule has 0 heterocycles. The van der Waals surface area contributed by atoms with Gasteiger partial charge < -0.3 is 4.74 Å². The number of benzene rings is 3. The highest BCUT2D eigenvalue weighted by atomic mass is 79.9. The highest BCUT2D eigenvalue weighted by Gasteiger charge is 2.09. The van der Waals surface area contributed by atoms with Crippen molar-refractivity contribution >= 4 is 33.7 Å². The molecule has 3 aromatic rings. The zero-order valence-electron chi connectivity index (χ0n) is 17.0. The SMILES string of the molecule is Cc1cc(/C=N\NC(=O)c2ccc([N+](=O)[O-])cc2)cc(C)c1OCc1ccc(Br)cc1. The van der Waals surface area contributed by atoms with Gasteiger partial charge in [-0.15, -0.1) is 0 Å². The predicted molar refractivity (Wildman–Crippen MR) is 123 cm³/mol. The standard InChI is InChI=1S/C23H20BrN3O4/c1-15-11-18(12-16(2)22(15)31-14-17-3-7-20(24)8-4-17)13-25-26-23(28)19-5-9-21(10-6-19)27(29)30/h3-13H,14H2,1-2H3,(H,26,28)/b25-13-. The summed E-state index contributed by atoms with van der Waals surface area (Å²) in [5.41, 5.74) is 6.44. The predicted octanol–water partition coefficient (Wildman–Crippen LogP) is 5.32. The maximum Gasteiger partial charge on any atom is 0.271 e. The molecule has 3 aromatic carbocycles. The highest BCUT2D eigenvalue weighted by molar-refractivity contribution is 9.10. The van der Waals surface area contributed by atoms with E-state index in [2.05, 4.69) is 26.5 Å². The molecule has 0 atom stereocenters. The van der Waals surface area contributed by atoms with Crippen molar-refractivity contribution in [2.24, 2.45) is 5.10 Å². The molecule has 158 valence electrons. The normalized spacial score (nSPS) is 10.8. The minimum Gasteiger partial charge on any atom is -0.488 e. The number of nitrogens with one attached hydrogen (secondary N) is 1. The van der Waals surface area contributed by atoms with Crippen LogP contribution in [0.4, 0.5) is 5.69 Å². The minimum atomic E-state index is -0.517. The van der Waals surface area contributed by atoms with Crippen LogP contribution in [0.3, 0.4) is 0 Å². The molecule has 0 saturated heterocycles. The highest BCUT2D eigenvalue weighted by Crippen LogP contribution is 2.25. The molecule has 1 amide bonds. The average molecular weight is 482 g/mol. The summed E-state index contributed by atoms with van der Waals surface area (Å²) in [4.78, 5) is 22.3. The number of nitrogens with zero attached hydrogens (tertiary/aromatic N) is 2. The number of hydrogen-bond acceptors (Lipinski definition) is 5. The molecule has 0 radical (unpaired) electrons. The lowest BCUT2D eigenvalue weighted by molar-refractivity contribution is -0.384. The quantitative estimate of drug-likeness (QED) is 0.280. The number of halogens is 1. The van der Waals surface area contributed by atoms with Crippen LogP contribution in [0.5, 0.6) is 5.75 Å². The lowest BCUT2D eigenvalue weighted by Gasteiger charge is -2.13. The second-order valence-corrected chi connectivity index (χ2v) is 7.82. The van der Waals surface area contributed by atoms with E-state index in [1.807, 2.05) is 50.2 Å². The number of rotatable bonds is 7. The fraction of sp³-hybridized carbons (Fsp3) is 0.130. The van der Waals surface area contributed by atoms with Crippen molar-refractivity contribution in [2.75, 3.05) is 0 Å². The summed E-state index contributed by atoms with van der Waals surface area (Å²) in [5.74, 6) is 0.365. The third-order valence-corrected chi connectivity index (χ3v) is 5.03. The monoisotopic (exact) mass is 481 g/mol. The summed E-state index contributed by atoms with van der Waals surface area (Å²) in [7, 11) is 0. The van der Waals surface area contributed by atoms with Crippen molar-refractivity contribution in [3.05, 3.63) is 103 Å². The first kappa shape index (κ1) is 22.2. The molecule has 7 nitrogen and oxygen atoms in total. The van der Waals surface area contributed by atoms with Crippen molar-refractivity contribution in [3.8, 4) is 5.75 Å². The van der Waals surface area contributed by atoms with Gasteiger partial charge in [0, 0.05) is 22.2 Å². The maximum absolute atomic E-state index is 12.1. The van der Waals surface area contributed by atoms with Crippen molar-refractivity contribution < 1.29 is 14.5 Å². The summed E-state index contributed by atoms with van der Waals surface area (Å²) in [6, 6.07) is 17.1. The van der Waals surface area contributed by atoms with E-state index in [9.17, 15) is 14.9 Å². The third-order valence-electron chi connectivity index (χ3n) is 4.50. The van der Waals surface area contributed by atoms with Crippen LogP contribution in [0, 0.1) is 24.0 Å². The van der Waals surface area contributed by atoms with Gasteiger partial charge in [-0.3, -0.25) is 14.9 Å². The van der Waals surface area contributed by atoms with Gasteiger partial charge in [0.25, 0.3) is 11.6 Å². The molecule has 0 unspecified atom stereocenters. The van der Waals surface area contributed by atoms with Gasteiger partial charge >= 0.3 is 0 Å². The lowest BCUT2D eigenvalue weighted by Crippen LogP contribution is -2.17. The topological polar surface area (TPSA) is 93.8 Å². The van der Waals surface area contributed by atoms with E-state index >= 15 is 0 Å². The lowest BCUT2D eigenvalue weighted by atomic mass is 10.1. The van der Waals surface area contributed by atoms with Gasteiger partial charge in [0.15, 0.2) is 0 Å². The largest absolute Gasteiger partial charge is 0.488 e. The van der Waals surface area contributed by atoms with E-state index < -0.39 is 10.8 Å². The molecular formula is C23H20BrN3O4. The number of ether oxygens (including phenoxy) is 1. The first-order chi connectivity index (χ1) is 14.8. The zero-order valence-corrected chi connectivity index (χ0v) is 18.5. The second kappa shape index (κ2) is 9.99. The first-order valence-corrected chi connectivity index (χ1v) is 10.2. The Labute approximate surface area is 188 Å². The molecule has 31 heavy (non-hydrogen) atoms. The number of hydrazone groups is 1. The van der Waals surface area contributed by atoms with Crippen LogP contribution in [0.15, 0.2) is 70.2 Å². The number of non-ortho nitro benzene ring substituents is 1. The summed E-state index contributed by atoms with van der Waals surface area (Å²) < 4.78 is 7.02. The third kappa shape index (κ3) is 5.99. The number of carbonyl (C=O) groups is 1. The number of nitro groups is 1. The van der Waals surface area contributed by atoms with Gasteiger partial charge in [-0.1, -0.05) is 28.1 Å². The molecule has 0 aliphatic carbocycles. The van der Waals surface area contributed by atoms with Crippen LogP contribution in [-0.4, -0.2) is 17.0 Å². The van der Waals surface area contributed by atoms with Crippen molar-refractivity contribution in [2.45, 2.75) is 20.5 Å². The summed E-state index contributed by atoms with van der Waals surface area (Å²) in [5, 5.41) is 14.7. The molecule has 0 aliphatic rings. The Balaban J connectivity index is 1.62. The Kier molecular flexibility index (Phi) is 7.15. The number of hydrogen-bond donors (Lipinski definition) is 1. The molecule has 8 heteroatoms. The molecular weight excluding hydrogens is 462 g/mol. The number of carbonyl (C=O) groups excluding carboxylic acids is 1. The molecule has 0 spiro atoms. The fourth-order valence-corrected chi connectivity index (χ4v) is 3.25. The maximum atomic E-state index is 12.1. The smallest absolute Gasteiger partial charge is 0.271 e. The summed E-state index contributed by atoms with van der Waals surface area (Å²) >= 11 is 3.42. The van der Waals surface area contributed by atoms with Gasteiger partial charge in [-0.2, -0.15) is 5.10 Å². The van der Waals surface area contributed by atoms with Gasteiger partial charge in [0.2, 0.25) is 0 Å². The van der Waals surface area contributed by atoms with Gasteiger partial charge in [-0.25, -0.2) is 5.43 Å². The van der Waals surface area contributed by atoms with Crippen LogP contribution in [0.2, 0.25) is 0 Å². The molecule has 1 N–H and O–H groups in total. The molecule has 3 rings (SSSR count). The van der Waals surface area contributed by atoms with E-state index in [0.29, 0.717) is 6.61 Å². The number of amides is 1. The zero-order chi connectivity index (χ0) is 22.4. The fourth-order valence-electron chi connectivity index (χ4n) is 2.99. The molecule has 0 fully saturated rings. The second-order valence-electron chi connectivity index (χ2n) is 6.90. The summed E-state index contributed by atoms with van der Waals surface area (Å²) in [6.45, 7) is 4.38. The molecule has 0 aliphatic heterocycles. The number of aryl methyl sites for hydroxylation is 2. The van der Waals surface area contributed by atoms with Crippen LogP contribution >= 0.6 is 15.9 Å². The Hall–Kier alpha value is -3.52. The Morgan fingerprint density at radius 1 is 1.10 bits per heavy atom. The van der Waals surface area contributed by atoms with Gasteiger partial charge in [0.05, 0.1) is 11.1 Å². The minimum absolute atomic E-state index is 0.0755. The van der Waals surface area contributed by atoms with E-state index in [-0.39, 0.29) is 11.3 Å². The van der Waals surface area contributed by atoms with Crippen LogP contribution in [0.1, 0.15) is 32.6 Å². The average Bonchev–Trinajstić information content (AvgIpc) is 2.74. The molecule has 0 aromatic heterocycles. The van der Waals surface area contributed by atoms with E-state index in [1.165, 1.54) is 24.3 Å². The van der Waals surface area contributed by atoms with Gasteiger partial charge in [-0.05, 0) is 72.5 Å². The van der Waals surface area contributed by atoms with Gasteiger partial charge in [0.1, 0.15) is 12.4 Å². The van der Waals surface area contributed by atoms with Crippen molar-refractivity contribution in [1.29, 1.82) is 0 Å². The number of nitro benzene ring substituents is 1. The van der Waals surface area contributed by atoms with Crippen molar-refractivity contribution in [1.82, 2.24) is 5.43 Å². The molecule has 0 saturated carbocycles. The Morgan fingerprint density at radius 3 is 2.29 bits per heavy atom. The van der Waals surface area contributed by atoms with Crippen LogP contribution < -0.4 is 10.2 Å². The summed E-state index contributed by atoms with van der Waals surface area (Å²) in [6.07, 6.45) is 1.54. The Morgan fingerprint density at radius 2 is 1.71 bits per heavy atom. The van der Waals surface area contributed by atoms with Crippen molar-refractivity contribution in [3.63, 3.8) is 0 Å². The van der Waals surface area contributed by atoms with Crippen LogP contribution in [-0.2, 0) is 6.61 Å². The van der Waals surface area contributed by atoms with E-state index in [1.54, 1.807) is 6.21 Å². The molecule has 0 bridgehead atoms. The first-order valence-electron chi connectivity index (χ1n) is 9.40.